The van der Waals surface area contributed by atoms with Crippen LogP contribution in [-0.2, 0) is 35.4 Å². The number of carbonyl (C=O) groups is 2. The summed E-state index contributed by atoms with van der Waals surface area (Å²) < 4.78 is 0. The molecule has 0 N–H and O–H groups in total. The maximum atomic E-state index is 13.0. The van der Waals surface area contributed by atoms with Crippen molar-refractivity contribution < 1.29 is 9.59 Å². The lowest BCUT2D eigenvalue weighted by molar-refractivity contribution is -0.124. The van der Waals surface area contributed by atoms with Gasteiger partial charge in [-0.15, -0.1) is 21.5 Å². The summed E-state index contributed by atoms with van der Waals surface area (Å²) >= 11 is 7.43. The Hall–Kier alpha value is -2.61. The Labute approximate surface area is 220 Å². The molecule has 3 atom stereocenters. The second kappa shape index (κ2) is 10.0. The number of aromatic nitrogens is 2. The third-order valence-corrected chi connectivity index (χ3v) is 8.90. The first-order valence-corrected chi connectivity index (χ1v) is 13.9. The summed E-state index contributed by atoms with van der Waals surface area (Å²) in [7, 11) is 0. The van der Waals surface area contributed by atoms with E-state index in [0.717, 1.165) is 51.9 Å². The van der Waals surface area contributed by atoms with Crippen LogP contribution in [0.5, 0.6) is 0 Å². The molecule has 1 aliphatic carbocycles. The molecule has 6 rings (SSSR count). The highest BCUT2D eigenvalue weighted by Gasteiger charge is 2.44. The van der Waals surface area contributed by atoms with E-state index in [1.165, 1.54) is 42.0 Å². The molecule has 3 fully saturated rings. The molecule has 3 aliphatic rings. The normalized spacial score (nSPS) is 23.3. The number of benzene rings is 2. The average Bonchev–Trinajstić information content (AvgIpc) is 3.20. The fraction of sp³-hybridized carbons (Fsp3) is 0.429. The Kier molecular flexibility index (Phi) is 6.63. The molecular formula is C28H29ClN4O2S. The maximum absolute atomic E-state index is 13.0. The molecule has 0 spiro atoms. The molecule has 8 heteroatoms. The van der Waals surface area contributed by atoms with Gasteiger partial charge >= 0.3 is 0 Å². The molecule has 1 aromatic heterocycles. The molecule has 3 aromatic rings. The first-order chi connectivity index (χ1) is 17.5. The lowest BCUT2D eigenvalue weighted by Gasteiger charge is -2.19. The van der Waals surface area contributed by atoms with Gasteiger partial charge in [0.1, 0.15) is 15.8 Å². The van der Waals surface area contributed by atoms with E-state index in [0.29, 0.717) is 6.54 Å². The summed E-state index contributed by atoms with van der Waals surface area (Å²) in [6.45, 7) is 3.86. The van der Waals surface area contributed by atoms with Crippen molar-refractivity contribution in [3.05, 3.63) is 74.7 Å². The zero-order chi connectivity index (χ0) is 24.6. The Morgan fingerprint density at radius 3 is 2.36 bits per heavy atom. The van der Waals surface area contributed by atoms with Gasteiger partial charge in [-0.1, -0.05) is 35.9 Å². The summed E-state index contributed by atoms with van der Waals surface area (Å²) in [4.78, 5) is 30.0. The molecule has 36 heavy (non-hydrogen) atoms. The number of nitrogens with zero attached hydrogens (tertiary/aromatic N) is 4. The molecule has 2 aromatic carbocycles. The van der Waals surface area contributed by atoms with Crippen LogP contribution in [0.4, 0.5) is 5.69 Å². The highest BCUT2D eigenvalue weighted by atomic mass is 35.5. The fourth-order valence-corrected chi connectivity index (χ4v) is 6.47. The van der Waals surface area contributed by atoms with Gasteiger partial charge in [-0.25, -0.2) is 0 Å². The number of anilines is 1. The molecule has 1 amide bonds. The summed E-state index contributed by atoms with van der Waals surface area (Å²) in [5, 5.41) is 10.9. The van der Waals surface area contributed by atoms with Gasteiger partial charge in [-0.05, 0) is 60.1 Å². The zero-order valence-corrected chi connectivity index (χ0v) is 21.7. The Balaban J connectivity index is 1.00. The number of aryl methyl sites for hydroxylation is 2. The van der Waals surface area contributed by atoms with E-state index in [1.54, 1.807) is 4.90 Å². The van der Waals surface area contributed by atoms with E-state index in [-0.39, 0.29) is 30.4 Å². The lowest BCUT2D eigenvalue weighted by atomic mass is 10.0. The third-order valence-electron chi connectivity index (χ3n) is 7.66. The van der Waals surface area contributed by atoms with Crippen molar-refractivity contribution in [3.8, 4) is 0 Å². The second-order valence-corrected chi connectivity index (χ2v) is 12.0. The zero-order valence-electron chi connectivity index (χ0n) is 20.1. The van der Waals surface area contributed by atoms with Crippen LogP contribution in [0.2, 0.25) is 5.02 Å². The van der Waals surface area contributed by atoms with Crippen LogP contribution in [-0.4, -0.2) is 46.4 Å². The van der Waals surface area contributed by atoms with Crippen molar-refractivity contribution in [2.75, 3.05) is 24.5 Å². The minimum absolute atomic E-state index is 0.0154. The number of fused-ring (bicyclic) bond motifs is 1. The molecule has 1 saturated carbocycles. The summed E-state index contributed by atoms with van der Waals surface area (Å²) in [5.74, 6) is 1.65. The molecular weight excluding hydrogens is 492 g/mol. The van der Waals surface area contributed by atoms with E-state index in [4.69, 9.17) is 11.6 Å². The van der Waals surface area contributed by atoms with Gasteiger partial charge in [-0.2, -0.15) is 0 Å². The monoisotopic (exact) mass is 520 g/mol. The van der Waals surface area contributed by atoms with Crippen LogP contribution in [0.25, 0.3) is 0 Å². The molecule has 0 radical (unpaired) electrons. The molecule has 2 saturated heterocycles. The van der Waals surface area contributed by atoms with Crippen LogP contribution >= 0.6 is 22.9 Å². The number of hydrogen-bond acceptors (Lipinski definition) is 6. The summed E-state index contributed by atoms with van der Waals surface area (Å²) in [5.41, 5.74) is 3.35. The summed E-state index contributed by atoms with van der Waals surface area (Å²) in [6.07, 6.45) is 3.54. The predicted molar refractivity (Wildman–Crippen MR) is 141 cm³/mol. The van der Waals surface area contributed by atoms with Crippen LogP contribution in [0.1, 0.15) is 34.0 Å². The lowest BCUT2D eigenvalue weighted by Crippen LogP contribution is -2.26. The second-order valence-electron chi connectivity index (χ2n) is 10.4. The molecule has 2 aliphatic heterocycles. The predicted octanol–water partition coefficient (Wildman–Crippen LogP) is 4.59. The standard InChI is InChI=1S/C28H29ClN4O2S/c29-23-6-1-18(2-7-23)5-10-26-30-31-27(36-26)13-25(34)22-12-28(35)33(17-22)24-8-3-19(4-9-24)14-32-15-20-11-21(20)16-32/h1-4,6-9,20-22H,5,10-17H2. The number of likely N-dealkylation sites (tertiary alicyclic amines) is 1. The van der Waals surface area contributed by atoms with Crippen LogP contribution in [0.3, 0.4) is 0 Å². The molecule has 3 unspecified atom stereocenters. The van der Waals surface area contributed by atoms with E-state index >= 15 is 0 Å². The van der Waals surface area contributed by atoms with Crippen LogP contribution in [0.15, 0.2) is 48.5 Å². The Morgan fingerprint density at radius 1 is 0.917 bits per heavy atom. The van der Waals surface area contributed by atoms with E-state index in [1.807, 2.05) is 36.4 Å². The number of rotatable bonds is 9. The number of Topliss-reactive ketones (excluding diaryl/α,β-unsaturated/α-hetero) is 1. The van der Waals surface area contributed by atoms with Gasteiger partial charge in [0.2, 0.25) is 5.91 Å². The molecule has 186 valence electrons. The van der Waals surface area contributed by atoms with Gasteiger partial charge in [-0.3, -0.25) is 14.5 Å². The quantitative estimate of drug-likeness (QED) is 0.413. The number of ketones is 1. The third kappa shape index (κ3) is 5.38. The number of piperidine rings is 1. The smallest absolute Gasteiger partial charge is 0.227 e. The topological polar surface area (TPSA) is 66.4 Å². The largest absolute Gasteiger partial charge is 0.312 e. The Bertz CT molecular complexity index is 1250. The van der Waals surface area contributed by atoms with Crippen molar-refractivity contribution in [1.29, 1.82) is 0 Å². The molecule has 6 nitrogen and oxygen atoms in total. The van der Waals surface area contributed by atoms with Gasteiger partial charge in [0, 0.05) is 55.6 Å². The molecule has 3 heterocycles. The molecule has 0 bridgehead atoms. The van der Waals surface area contributed by atoms with Gasteiger partial charge in [0.05, 0.1) is 6.42 Å². The SMILES string of the molecule is O=C(Cc1nnc(CCc2ccc(Cl)cc2)s1)C1CC(=O)N(c2ccc(CN3CC4CC4C3)cc2)C1. The van der Waals surface area contributed by atoms with E-state index in [9.17, 15) is 9.59 Å². The first-order valence-electron chi connectivity index (χ1n) is 12.7. The Morgan fingerprint density at radius 2 is 1.61 bits per heavy atom. The first kappa shape index (κ1) is 23.8. The number of amides is 1. The van der Waals surface area contributed by atoms with Gasteiger partial charge in [0.25, 0.3) is 0 Å². The van der Waals surface area contributed by atoms with Gasteiger partial charge < -0.3 is 4.90 Å². The van der Waals surface area contributed by atoms with Crippen molar-refractivity contribution in [2.45, 2.75) is 38.6 Å². The van der Waals surface area contributed by atoms with E-state index < -0.39 is 0 Å². The minimum atomic E-state index is -0.296. The number of hydrogen-bond donors (Lipinski definition) is 0. The number of carbonyl (C=O) groups excluding carboxylic acids is 2. The highest BCUT2D eigenvalue weighted by Crippen LogP contribution is 2.45. The van der Waals surface area contributed by atoms with Crippen molar-refractivity contribution >= 4 is 40.3 Å². The van der Waals surface area contributed by atoms with Crippen LogP contribution < -0.4 is 4.90 Å². The van der Waals surface area contributed by atoms with Crippen molar-refractivity contribution in [1.82, 2.24) is 15.1 Å². The maximum Gasteiger partial charge on any atom is 0.227 e. The number of halogens is 1. The average molecular weight is 521 g/mol. The van der Waals surface area contributed by atoms with Crippen molar-refractivity contribution in [2.24, 2.45) is 17.8 Å². The highest BCUT2D eigenvalue weighted by molar-refractivity contribution is 7.11. The van der Waals surface area contributed by atoms with Crippen LogP contribution in [0, 0.1) is 17.8 Å². The van der Waals surface area contributed by atoms with E-state index in [2.05, 4.69) is 27.2 Å². The minimum Gasteiger partial charge on any atom is -0.312 e. The summed E-state index contributed by atoms with van der Waals surface area (Å²) in [6, 6.07) is 16.1. The van der Waals surface area contributed by atoms with Crippen molar-refractivity contribution in [3.63, 3.8) is 0 Å². The fourth-order valence-electron chi connectivity index (χ4n) is 5.49. The van der Waals surface area contributed by atoms with Gasteiger partial charge in [0.15, 0.2) is 0 Å².